The lowest BCUT2D eigenvalue weighted by Crippen LogP contribution is -2.61. The van der Waals surface area contributed by atoms with E-state index in [-0.39, 0.29) is 13.1 Å². The molecule has 0 spiro atoms. The number of likely N-dealkylation sites (tertiary alicyclic amines) is 1. The summed E-state index contributed by atoms with van der Waals surface area (Å²) in [5.74, 6) is -1.90. The van der Waals surface area contributed by atoms with Crippen molar-refractivity contribution in [3.63, 3.8) is 0 Å². The molecular weight excluding hydrogens is 201 g/mol. The SMILES string of the molecule is NCC(O)C1CCN1C(=O)C(F)(F)F. The van der Waals surface area contributed by atoms with Crippen LogP contribution in [0.5, 0.6) is 0 Å². The van der Waals surface area contributed by atoms with Gasteiger partial charge in [-0.3, -0.25) is 4.79 Å². The first-order chi connectivity index (χ1) is 6.38. The predicted molar refractivity (Wildman–Crippen MR) is 41.2 cm³/mol. The van der Waals surface area contributed by atoms with Crippen LogP contribution in [0.15, 0.2) is 0 Å². The maximum absolute atomic E-state index is 12.0. The highest BCUT2D eigenvalue weighted by Gasteiger charge is 2.49. The van der Waals surface area contributed by atoms with Crippen LogP contribution in [0.2, 0.25) is 0 Å². The minimum atomic E-state index is -4.87. The molecule has 1 rings (SSSR count). The quantitative estimate of drug-likeness (QED) is 0.646. The van der Waals surface area contributed by atoms with Gasteiger partial charge in [0.15, 0.2) is 0 Å². The van der Waals surface area contributed by atoms with Crippen molar-refractivity contribution in [1.82, 2.24) is 4.90 Å². The minimum absolute atomic E-state index is 0.0278. The van der Waals surface area contributed by atoms with Crippen LogP contribution in [0.4, 0.5) is 13.2 Å². The average Bonchev–Trinajstić information content (AvgIpc) is 2.00. The Kier molecular flexibility index (Phi) is 3.01. The van der Waals surface area contributed by atoms with Gasteiger partial charge in [-0.2, -0.15) is 13.2 Å². The van der Waals surface area contributed by atoms with E-state index in [2.05, 4.69) is 0 Å². The molecule has 2 atom stereocenters. The van der Waals surface area contributed by atoms with Gasteiger partial charge >= 0.3 is 12.1 Å². The van der Waals surface area contributed by atoms with E-state index in [1.54, 1.807) is 0 Å². The second kappa shape index (κ2) is 3.74. The Labute approximate surface area is 78.5 Å². The van der Waals surface area contributed by atoms with Gasteiger partial charge in [0, 0.05) is 13.1 Å². The molecule has 82 valence electrons. The predicted octanol–water partition coefficient (Wildman–Crippen LogP) is -0.531. The molecule has 1 amide bonds. The van der Waals surface area contributed by atoms with Crippen LogP contribution < -0.4 is 5.73 Å². The summed E-state index contributed by atoms with van der Waals surface area (Å²) in [5, 5.41) is 9.18. The molecule has 0 radical (unpaired) electrons. The van der Waals surface area contributed by atoms with Gasteiger partial charge < -0.3 is 15.7 Å². The fourth-order valence-corrected chi connectivity index (χ4v) is 1.38. The number of halogens is 3. The lowest BCUT2D eigenvalue weighted by molar-refractivity contribution is -0.196. The highest BCUT2D eigenvalue weighted by atomic mass is 19.4. The van der Waals surface area contributed by atoms with Crippen LogP contribution in [0.3, 0.4) is 0 Å². The number of nitrogens with two attached hydrogens (primary N) is 1. The fraction of sp³-hybridized carbons (Fsp3) is 0.857. The van der Waals surface area contributed by atoms with E-state index < -0.39 is 24.2 Å². The Hall–Kier alpha value is -0.820. The number of rotatable bonds is 2. The second-order valence-electron chi connectivity index (χ2n) is 3.16. The van der Waals surface area contributed by atoms with Crippen molar-refractivity contribution in [1.29, 1.82) is 0 Å². The van der Waals surface area contributed by atoms with Gasteiger partial charge in [0.2, 0.25) is 0 Å². The summed E-state index contributed by atoms with van der Waals surface area (Å²) in [6.45, 7) is -0.119. The van der Waals surface area contributed by atoms with Crippen molar-refractivity contribution in [2.24, 2.45) is 5.73 Å². The first-order valence-electron chi connectivity index (χ1n) is 4.14. The molecule has 1 aliphatic heterocycles. The van der Waals surface area contributed by atoms with Crippen LogP contribution in [-0.2, 0) is 4.79 Å². The molecule has 1 aliphatic rings. The smallest absolute Gasteiger partial charge is 0.390 e. The first-order valence-corrected chi connectivity index (χ1v) is 4.14. The van der Waals surface area contributed by atoms with E-state index in [1.165, 1.54) is 0 Å². The number of hydrogen-bond acceptors (Lipinski definition) is 3. The van der Waals surface area contributed by atoms with E-state index >= 15 is 0 Å². The third kappa shape index (κ3) is 1.98. The number of amides is 1. The van der Waals surface area contributed by atoms with Crippen molar-refractivity contribution in [2.45, 2.75) is 24.7 Å². The van der Waals surface area contributed by atoms with E-state index in [9.17, 15) is 23.1 Å². The number of hydrogen-bond donors (Lipinski definition) is 2. The van der Waals surface area contributed by atoms with E-state index in [4.69, 9.17) is 5.73 Å². The number of aliphatic hydroxyl groups is 1. The number of aliphatic hydroxyl groups excluding tert-OH is 1. The van der Waals surface area contributed by atoms with Crippen LogP contribution in [0.25, 0.3) is 0 Å². The maximum Gasteiger partial charge on any atom is 0.471 e. The molecule has 0 aromatic carbocycles. The Balaban J connectivity index is 2.59. The molecule has 0 saturated carbocycles. The summed E-state index contributed by atoms with van der Waals surface area (Å²) in [4.78, 5) is 11.3. The molecule has 0 aromatic rings. The summed E-state index contributed by atoms with van der Waals surface area (Å²) in [7, 11) is 0. The zero-order valence-electron chi connectivity index (χ0n) is 7.29. The second-order valence-corrected chi connectivity index (χ2v) is 3.16. The zero-order valence-corrected chi connectivity index (χ0v) is 7.29. The number of carbonyl (C=O) groups is 1. The molecule has 0 bridgehead atoms. The lowest BCUT2D eigenvalue weighted by Gasteiger charge is -2.43. The fourth-order valence-electron chi connectivity index (χ4n) is 1.38. The van der Waals surface area contributed by atoms with Gasteiger partial charge in [0.25, 0.3) is 0 Å². The Morgan fingerprint density at radius 1 is 1.64 bits per heavy atom. The molecule has 0 aliphatic carbocycles. The largest absolute Gasteiger partial charge is 0.471 e. The van der Waals surface area contributed by atoms with Crippen molar-refractivity contribution in [2.75, 3.05) is 13.1 Å². The highest BCUT2D eigenvalue weighted by Crippen LogP contribution is 2.27. The Morgan fingerprint density at radius 3 is 2.50 bits per heavy atom. The van der Waals surface area contributed by atoms with Crippen LogP contribution in [-0.4, -0.2) is 47.3 Å². The average molecular weight is 212 g/mol. The summed E-state index contributed by atoms with van der Waals surface area (Å²) in [6.07, 6.45) is -5.58. The Bertz CT molecular complexity index is 231. The molecule has 2 unspecified atom stereocenters. The molecule has 7 heteroatoms. The first kappa shape index (κ1) is 11.3. The molecule has 1 saturated heterocycles. The standard InChI is InChI=1S/C7H11F3N2O2/c8-7(9,10)6(14)12-2-1-4(12)5(13)3-11/h4-5,13H,1-3,11H2. The minimum Gasteiger partial charge on any atom is -0.390 e. The molecule has 14 heavy (non-hydrogen) atoms. The third-order valence-electron chi connectivity index (χ3n) is 2.26. The van der Waals surface area contributed by atoms with E-state index in [0.29, 0.717) is 11.3 Å². The zero-order chi connectivity index (χ0) is 10.9. The van der Waals surface area contributed by atoms with Gasteiger partial charge in [-0.15, -0.1) is 0 Å². The van der Waals surface area contributed by atoms with Gasteiger partial charge in [-0.1, -0.05) is 0 Å². The Morgan fingerprint density at radius 2 is 2.21 bits per heavy atom. The molecule has 3 N–H and O–H groups in total. The highest BCUT2D eigenvalue weighted by molar-refractivity contribution is 5.82. The number of alkyl halides is 3. The van der Waals surface area contributed by atoms with Gasteiger partial charge in [-0.05, 0) is 6.42 Å². The van der Waals surface area contributed by atoms with Crippen LogP contribution >= 0.6 is 0 Å². The molecule has 4 nitrogen and oxygen atoms in total. The van der Waals surface area contributed by atoms with Crippen LogP contribution in [0.1, 0.15) is 6.42 Å². The topological polar surface area (TPSA) is 66.6 Å². The van der Waals surface area contributed by atoms with Crippen molar-refractivity contribution in [3.8, 4) is 0 Å². The van der Waals surface area contributed by atoms with Crippen molar-refractivity contribution in [3.05, 3.63) is 0 Å². The van der Waals surface area contributed by atoms with Gasteiger partial charge in [-0.25, -0.2) is 0 Å². The van der Waals surface area contributed by atoms with Gasteiger partial charge in [0.05, 0.1) is 12.1 Å². The van der Waals surface area contributed by atoms with Crippen molar-refractivity contribution >= 4 is 5.91 Å². The summed E-state index contributed by atoms with van der Waals surface area (Å²) in [5.41, 5.74) is 5.08. The van der Waals surface area contributed by atoms with Gasteiger partial charge in [0.1, 0.15) is 0 Å². The number of nitrogens with zero attached hydrogens (tertiary/aromatic N) is 1. The van der Waals surface area contributed by atoms with Crippen molar-refractivity contribution < 1.29 is 23.1 Å². The molecule has 1 fully saturated rings. The summed E-state index contributed by atoms with van der Waals surface area (Å²) >= 11 is 0. The summed E-state index contributed by atoms with van der Waals surface area (Å²) in [6, 6.07) is -0.783. The molecule has 1 heterocycles. The monoisotopic (exact) mass is 212 g/mol. The normalized spacial score (nSPS) is 24.4. The molecule has 0 aromatic heterocycles. The number of carbonyl (C=O) groups excluding carboxylic acids is 1. The maximum atomic E-state index is 12.0. The summed E-state index contributed by atoms with van der Waals surface area (Å²) < 4.78 is 35.9. The lowest BCUT2D eigenvalue weighted by atomic mass is 9.97. The molecular formula is C7H11F3N2O2. The van der Waals surface area contributed by atoms with E-state index in [0.717, 1.165) is 0 Å². The van der Waals surface area contributed by atoms with Crippen LogP contribution in [0, 0.1) is 0 Å². The third-order valence-corrected chi connectivity index (χ3v) is 2.26. The van der Waals surface area contributed by atoms with E-state index in [1.807, 2.05) is 0 Å².